The Labute approximate surface area is 206 Å². The topological polar surface area (TPSA) is 123 Å². The van der Waals surface area contributed by atoms with Gasteiger partial charge < -0.3 is 24.4 Å². The number of pyridine rings is 1. The van der Waals surface area contributed by atoms with E-state index in [0.717, 1.165) is 5.52 Å². The van der Waals surface area contributed by atoms with Gasteiger partial charge in [0.15, 0.2) is 6.61 Å². The lowest BCUT2D eigenvalue weighted by Gasteiger charge is -2.15. The van der Waals surface area contributed by atoms with Crippen LogP contribution in [-0.4, -0.2) is 41.8 Å². The minimum atomic E-state index is -1.13. The smallest absolute Gasteiger partial charge is 0.345 e. The van der Waals surface area contributed by atoms with E-state index >= 15 is 0 Å². The van der Waals surface area contributed by atoms with Gasteiger partial charge in [0.1, 0.15) is 24.3 Å². The third kappa shape index (κ3) is 4.50. The van der Waals surface area contributed by atoms with Crippen LogP contribution in [0.15, 0.2) is 48.5 Å². The van der Waals surface area contributed by atoms with Crippen molar-refractivity contribution in [1.82, 2.24) is 0 Å². The second-order valence-electron chi connectivity index (χ2n) is 8.31. The monoisotopic (exact) mass is 490 g/mol. The lowest BCUT2D eigenvalue weighted by atomic mass is 10.0. The Morgan fingerprint density at radius 2 is 1.42 bits per heavy atom. The molecule has 0 fully saturated rings. The summed E-state index contributed by atoms with van der Waals surface area (Å²) in [7, 11) is 3.37. The molecule has 0 saturated heterocycles. The van der Waals surface area contributed by atoms with Crippen molar-refractivity contribution in [2.24, 2.45) is 7.05 Å². The number of rotatable bonds is 7. The van der Waals surface area contributed by atoms with Crippen LogP contribution in [0.4, 0.5) is 0 Å². The molecular formula is C27H24NO8+. The zero-order chi connectivity index (χ0) is 26.1. The molecule has 2 N–H and O–H groups in total. The molecule has 0 atom stereocenters. The molecule has 0 unspecified atom stereocenters. The molecule has 1 heterocycles. The van der Waals surface area contributed by atoms with E-state index in [0.29, 0.717) is 33.2 Å². The summed E-state index contributed by atoms with van der Waals surface area (Å²) in [6.07, 6.45) is 0. The standard InChI is InChI=1S/C27H23NO8/c1-14-9-16(26(31)32)10-15(2)25(14)36-27(33)24-19-11-17(34-4)5-7-21(19)28(3)22-8-6-18(12-20(22)24)35-13-23(29)30/h5-12H,13H2,1-4H3,(H-,29,30,31,32)/p+1. The summed E-state index contributed by atoms with van der Waals surface area (Å²) in [4.78, 5) is 36.1. The van der Waals surface area contributed by atoms with Crippen LogP contribution >= 0.6 is 0 Å². The number of esters is 1. The highest BCUT2D eigenvalue weighted by molar-refractivity contribution is 6.14. The second kappa shape index (κ2) is 9.53. The third-order valence-corrected chi connectivity index (χ3v) is 5.90. The number of benzene rings is 3. The van der Waals surface area contributed by atoms with Crippen molar-refractivity contribution in [2.45, 2.75) is 13.8 Å². The van der Waals surface area contributed by atoms with Gasteiger partial charge in [0.25, 0.3) is 0 Å². The maximum atomic E-state index is 13.7. The quantitative estimate of drug-likeness (QED) is 0.173. The molecule has 36 heavy (non-hydrogen) atoms. The number of carbonyl (C=O) groups is 3. The number of nitrogens with zero attached hydrogens (tertiary/aromatic N) is 1. The van der Waals surface area contributed by atoms with Crippen LogP contribution in [0, 0.1) is 13.8 Å². The number of aromatic carboxylic acids is 1. The minimum absolute atomic E-state index is 0.0948. The van der Waals surface area contributed by atoms with Gasteiger partial charge in [0.2, 0.25) is 11.0 Å². The first kappa shape index (κ1) is 24.5. The Kier molecular flexibility index (Phi) is 6.48. The number of aryl methyl sites for hydroxylation is 3. The van der Waals surface area contributed by atoms with Crippen molar-refractivity contribution < 1.29 is 43.4 Å². The molecule has 3 aromatic carbocycles. The van der Waals surface area contributed by atoms with Gasteiger partial charge in [-0.2, -0.15) is 4.57 Å². The maximum absolute atomic E-state index is 13.7. The van der Waals surface area contributed by atoms with E-state index in [1.807, 2.05) is 17.7 Å². The van der Waals surface area contributed by atoms with Gasteiger partial charge in [-0.25, -0.2) is 14.4 Å². The number of aromatic nitrogens is 1. The average molecular weight is 490 g/mol. The molecule has 9 heteroatoms. The van der Waals surface area contributed by atoms with E-state index in [1.54, 1.807) is 44.2 Å². The second-order valence-corrected chi connectivity index (χ2v) is 8.31. The third-order valence-electron chi connectivity index (χ3n) is 5.90. The van der Waals surface area contributed by atoms with Gasteiger partial charge in [-0.15, -0.1) is 0 Å². The van der Waals surface area contributed by atoms with E-state index in [2.05, 4.69) is 0 Å². The molecule has 0 aliphatic carbocycles. The number of carboxylic acid groups (broad SMARTS) is 2. The van der Waals surface area contributed by atoms with Crippen LogP contribution in [0.3, 0.4) is 0 Å². The molecule has 0 amide bonds. The number of hydrogen-bond acceptors (Lipinski definition) is 6. The Morgan fingerprint density at radius 1 is 0.861 bits per heavy atom. The van der Waals surface area contributed by atoms with Crippen molar-refractivity contribution in [1.29, 1.82) is 0 Å². The lowest BCUT2D eigenvalue weighted by Crippen LogP contribution is -2.31. The molecule has 0 radical (unpaired) electrons. The Morgan fingerprint density at radius 3 is 1.94 bits per heavy atom. The lowest BCUT2D eigenvalue weighted by molar-refractivity contribution is -0.617. The van der Waals surface area contributed by atoms with Gasteiger partial charge in [-0.3, -0.25) is 0 Å². The fraction of sp³-hybridized carbons (Fsp3) is 0.185. The first-order valence-electron chi connectivity index (χ1n) is 11.0. The molecule has 4 aromatic rings. The highest BCUT2D eigenvalue weighted by atomic mass is 16.5. The molecule has 0 aliphatic rings. The molecule has 0 saturated carbocycles. The van der Waals surface area contributed by atoms with Crippen molar-refractivity contribution in [3.63, 3.8) is 0 Å². The highest BCUT2D eigenvalue weighted by Crippen LogP contribution is 2.32. The SMILES string of the molecule is COc1ccc2c(c1)c(C(=O)Oc1c(C)cc(C(=O)O)cc1C)c1cc(OCC(=O)O)ccc1[n+]2C. The molecule has 184 valence electrons. The molecule has 4 rings (SSSR count). The minimum Gasteiger partial charge on any atom is -0.497 e. The van der Waals surface area contributed by atoms with Gasteiger partial charge in [0.05, 0.1) is 29.0 Å². The van der Waals surface area contributed by atoms with Crippen molar-refractivity contribution in [3.8, 4) is 17.2 Å². The van der Waals surface area contributed by atoms with Crippen LogP contribution in [0.25, 0.3) is 21.8 Å². The first-order valence-corrected chi connectivity index (χ1v) is 11.0. The molecule has 0 spiro atoms. The average Bonchev–Trinajstić information content (AvgIpc) is 2.84. The normalized spacial score (nSPS) is 10.9. The van der Waals surface area contributed by atoms with Crippen LogP contribution < -0.4 is 18.8 Å². The molecular weight excluding hydrogens is 466 g/mol. The number of fused-ring (bicyclic) bond motifs is 2. The van der Waals surface area contributed by atoms with Crippen LogP contribution in [0.5, 0.6) is 17.2 Å². The summed E-state index contributed by atoms with van der Waals surface area (Å²) < 4.78 is 18.5. The Balaban J connectivity index is 1.94. The van der Waals surface area contributed by atoms with Crippen molar-refractivity contribution in [3.05, 3.63) is 70.8 Å². The van der Waals surface area contributed by atoms with Gasteiger partial charge in [-0.05, 0) is 61.4 Å². The number of hydrogen-bond donors (Lipinski definition) is 2. The summed E-state index contributed by atoms with van der Waals surface area (Å²) in [6.45, 7) is 2.81. The van der Waals surface area contributed by atoms with Gasteiger partial charge in [-0.1, -0.05) is 0 Å². The number of ether oxygens (including phenoxy) is 3. The number of carbonyl (C=O) groups excluding carboxylic acids is 1. The first-order chi connectivity index (χ1) is 17.1. The predicted octanol–water partition coefficient (Wildman–Crippen LogP) is 3.82. The summed E-state index contributed by atoms with van der Waals surface area (Å²) >= 11 is 0. The fourth-order valence-electron chi connectivity index (χ4n) is 4.25. The van der Waals surface area contributed by atoms with Crippen molar-refractivity contribution in [2.75, 3.05) is 13.7 Å². The van der Waals surface area contributed by atoms with E-state index in [-0.39, 0.29) is 22.6 Å². The van der Waals surface area contributed by atoms with E-state index in [1.165, 1.54) is 19.2 Å². The molecule has 1 aromatic heterocycles. The number of methoxy groups -OCH3 is 1. The maximum Gasteiger partial charge on any atom is 0.345 e. The fourth-order valence-corrected chi connectivity index (χ4v) is 4.25. The van der Waals surface area contributed by atoms with E-state index in [9.17, 15) is 19.5 Å². The number of aliphatic carboxylic acids is 1. The molecule has 0 bridgehead atoms. The van der Waals surface area contributed by atoms with Crippen molar-refractivity contribution >= 4 is 39.7 Å². The van der Waals surface area contributed by atoms with Gasteiger partial charge >= 0.3 is 17.9 Å². The zero-order valence-corrected chi connectivity index (χ0v) is 20.1. The van der Waals surface area contributed by atoms with E-state index < -0.39 is 24.5 Å². The molecule has 9 nitrogen and oxygen atoms in total. The largest absolute Gasteiger partial charge is 0.497 e. The zero-order valence-electron chi connectivity index (χ0n) is 20.1. The Hall–Kier alpha value is -4.66. The summed E-state index contributed by atoms with van der Waals surface area (Å²) in [5.41, 5.74) is 2.76. The van der Waals surface area contributed by atoms with Crippen LogP contribution in [0.2, 0.25) is 0 Å². The Bertz CT molecular complexity index is 1530. The van der Waals surface area contributed by atoms with Gasteiger partial charge in [0, 0.05) is 12.1 Å². The summed E-state index contributed by atoms with van der Waals surface area (Å²) in [5, 5.41) is 19.4. The van der Waals surface area contributed by atoms with E-state index in [4.69, 9.17) is 19.3 Å². The molecule has 0 aliphatic heterocycles. The number of carboxylic acids is 2. The van der Waals surface area contributed by atoms with Crippen LogP contribution in [0.1, 0.15) is 31.8 Å². The highest BCUT2D eigenvalue weighted by Gasteiger charge is 2.26. The predicted molar refractivity (Wildman–Crippen MR) is 130 cm³/mol. The summed E-state index contributed by atoms with van der Waals surface area (Å²) in [6, 6.07) is 13.2. The van der Waals surface area contributed by atoms with Crippen LogP contribution in [-0.2, 0) is 11.8 Å². The summed E-state index contributed by atoms with van der Waals surface area (Å²) in [5.74, 6) is -1.79.